The van der Waals surface area contributed by atoms with Crippen molar-refractivity contribution >= 4 is 35.5 Å². The number of hydrogen-bond acceptors (Lipinski definition) is 6. The second-order valence-electron chi connectivity index (χ2n) is 4.39. The van der Waals surface area contributed by atoms with Crippen molar-refractivity contribution in [2.75, 3.05) is 5.75 Å². The third-order valence-corrected chi connectivity index (χ3v) is 3.66. The Labute approximate surface area is 131 Å². The number of urea groups is 1. The summed E-state index contributed by atoms with van der Waals surface area (Å²) in [6, 6.07) is 5.55. The number of hydrogen-bond donors (Lipinski definition) is 2. The number of carbonyl (C=O) groups is 4. The van der Waals surface area contributed by atoms with Crippen molar-refractivity contribution in [3.8, 4) is 0 Å². The number of carbonyl (C=O) groups excluding carboxylic acids is 4. The van der Waals surface area contributed by atoms with Crippen LogP contribution in [0.15, 0.2) is 29.2 Å². The Kier molecular flexibility index (Phi) is 6.58. The normalized spacial score (nSPS) is 11.4. The highest BCUT2D eigenvalue weighted by Gasteiger charge is 2.21. The van der Waals surface area contributed by atoms with Crippen LogP contribution in [0.4, 0.5) is 4.79 Å². The maximum atomic E-state index is 12.1. The van der Waals surface area contributed by atoms with Crippen LogP contribution >= 0.6 is 11.8 Å². The molecule has 0 fully saturated rings. The lowest BCUT2D eigenvalue weighted by Gasteiger charge is -2.13. The zero-order valence-corrected chi connectivity index (χ0v) is 12.9. The molecule has 0 aliphatic carbocycles. The molecule has 0 aliphatic rings. The molecule has 0 aliphatic heterocycles. The van der Waals surface area contributed by atoms with Crippen molar-refractivity contribution in [2.24, 2.45) is 5.73 Å². The van der Waals surface area contributed by atoms with E-state index in [4.69, 9.17) is 10.5 Å². The van der Waals surface area contributed by atoms with E-state index in [1.807, 2.05) is 5.32 Å². The van der Waals surface area contributed by atoms with Gasteiger partial charge in [0.25, 0.3) is 5.91 Å². The Hall–Kier alpha value is -2.35. The standard InChI is InChI=1S/C14H16N2O5S/c1-8(17)7-22-11-6-4-3-5-10(11)13(19)21-9(2)12(18)16-14(15)20/h3-6,9H,7H2,1-2H3,(H3,15,16,18,20)/t9-/m0/s1. The minimum absolute atomic E-state index is 0.0256. The first-order valence-electron chi connectivity index (χ1n) is 6.33. The van der Waals surface area contributed by atoms with Gasteiger partial charge in [-0.25, -0.2) is 9.59 Å². The largest absolute Gasteiger partial charge is 0.449 e. The van der Waals surface area contributed by atoms with E-state index in [-0.39, 0.29) is 17.1 Å². The molecule has 0 saturated carbocycles. The van der Waals surface area contributed by atoms with E-state index < -0.39 is 24.0 Å². The Morgan fingerprint density at radius 1 is 1.27 bits per heavy atom. The average Bonchev–Trinajstić information content (AvgIpc) is 2.44. The first-order valence-corrected chi connectivity index (χ1v) is 7.32. The number of ether oxygens (including phenoxy) is 1. The number of rotatable bonds is 6. The van der Waals surface area contributed by atoms with E-state index >= 15 is 0 Å². The number of primary amides is 1. The smallest absolute Gasteiger partial charge is 0.340 e. The Morgan fingerprint density at radius 3 is 2.50 bits per heavy atom. The summed E-state index contributed by atoms with van der Waals surface area (Å²) in [7, 11) is 0. The van der Waals surface area contributed by atoms with Gasteiger partial charge >= 0.3 is 12.0 Å². The van der Waals surface area contributed by atoms with E-state index in [2.05, 4.69) is 0 Å². The van der Waals surface area contributed by atoms with Gasteiger partial charge in [-0.1, -0.05) is 12.1 Å². The average molecular weight is 324 g/mol. The summed E-state index contributed by atoms with van der Waals surface area (Å²) in [4.78, 5) is 45.8. The molecule has 118 valence electrons. The molecule has 0 aromatic heterocycles. The number of benzene rings is 1. The highest BCUT2D eigenvalue weighted by atomic mass is 32.2. The number of nitrogens with two attached hydrogens (primary N) is 1. The maximum Gasteiger partial charge on any atom is 0.340 e. The number of ketones is 1. The first-order chi connectivity index (χ1) is 10.3. The van der Waals surface area contributed by atoms with Gasteiger partial charge in [0.2, 0.25) is 0 Å². The molecule has 0 bridgehead atoms. The number of Topliss-reactive ketones (excluding diaryl/α,β-unsaturated/α-hetero) is 1. The van der Waals surface area contributed by atoms with Crippen LogP contribution in [0.25, 0.3) is 0 Å². The van der Waals surface area contributed by atoms with E-state index in [1.54, 1.807) is 18.2 Å². The lowest BCUT2D eigenvalue weighted by Crippen LogP contribution is -2.42. The SMILES string of the molecule is CC(=O)CSc1ccccc1C(=O)O[C@@H](C)C(=O)NC(N)=O. The minimum atomic E-state index is -1.18. The molecule has 1 rings (SSSR count). The van der Waals surface area contributed by atoms with Gasteiger partial charge in [-0.2, -0.15) is 0 Å². The highest BCUT2D eigenvalue weighted by Crippen LogP contribution is 2.23. The van der Waals surface area contributed by atoms with Gasteiger partial charge < -0.3 is 10.5 Å². The van der Waals surface area contributed by atoms with Crippen molar-refractivity contribution in [2.45, 2.75) is 24.8 Å². The molecule has 8 heteroatoms. The fourth-order valence-corrected chi connectivity index (χ4v) is 2.28. The maximum absolute atomic E-state index is 12.1. The molecule has 0 saturated heterocycles. The van der Waals surface area contributed by atoms with Gasteiger partial charge in [-0.15, -0.1) is 11.8 Å². The van der Waals surface area contributed by atoms with E-state index in [1.165, 1.54) is 31.7 Å². The van der Waals surface area contributed by atoms with Crippen LogP contribution in [0.5, 0.6) is 0 Å². The van der Waals surface area contributed by atoms with Crippen LogP contribution in [0, 0.1) is 0 Å². The Bertz CT molecular complexity index is 603. The van der Waals surface area contributed by atoms with Crippen LogP contribution in [-0.2, 0) is 14.3 Å². The zero-order valence-electron chi connectivity index (χ0n) is 12.1. The van der Waals surface area contributed by atoms with Gasteiger partial charge in [0.05, 0.1) is 11.3 Å². The summed E-state index contributed by atoms with van der Waals surface area (Å²) in [6.45, 7) is 2.77. The highest BCUT2D eigenvalue weighted by molar-refractivity contribution is 8.00. The van der Waals surface area contributed by atoms with Gasteiger partial charge in [0, 0.05) is 4.90 Å². The Morgan fingerprint density at radius 2 is 1.91 bits per heavy atom. The van der Waals surface area contributed by atoms with Crippen molar-refractivity contribution in [3.63, 3.8) is 0 Å². The van der Waals surface area contributed by atoms with Crippen molar-refractivity contribution in [3.05, 3.63) is 29.8 Å². The number of amides is 3. The zero-order chi connectivity index (χ0) is 16.7. The van der Waals surface area contributed by atoms with Crippen molar-refractivity contribution in [1.29, 1.82) is 0 Å². The van der Waals surface area contributed by atoms with E-state index in [0.717, 1.165) is 0 Å². The molecule has 7 nitrogen and oxygen atoms in total. The second-order valence-corrected chi connectivity index (χ2v) is 5.41. The van der Waals surface area contributed by atoms with Crippen LogP contribution in [-0.4, -0.2) is 35.5 Å². The molecule has 0 spiro atoms. The van der Waals surface area contributed by atoms with Crippen molar-refractivity contribution in [1.82, 2.24) is 5.32 Å². The lowest BCUT2D eigenvalue weighted by atomic mass is 10.2. The van der Waals surface area contributed by atoms with E-state index in [9.17, 15) is 19.2 Å². The molecule has 0 unspecified atom stereocenters. The van der Waals surface area contributed by atoms with Gasteiger partial charge in [0.15, 0.2) is 6.10 Å². The van der Waals surface area contributed by atoms with Crippen LogP contribution in [0.1, 0.15) is 24.2 Å². The molecule has 3 N–H and O–H groups in total. The van der Waals surface area contributed by atoms with Gasteiger partial charge in [-0.05, 0) is 26.0 Å². The number of thioether (sulfide) groups is 1. The van der Waals surface area contributed by atoms with Crippen LogP contribution < -0.4 is 11.1 Å². The van der Waals surface area contributed by atoms with Crippen LogP contribution in [0.2, 0.25) is 0 Å². The molecule has 0 heterocycles. The predicted molar refractivity (Wildman–Crippen MR) is 80.5 cm³/mol. The molecule has 1 aromatic rings. The number of esters is 1. The number of nitrogens with one attached hydrogen (secondary N) is 1. The number of imide groups is 1. The fraction of sp³-hybridized carbons (Fsp3) is 0.286. The molecule has 22 heavy (non-hydrogen) atoms. The monoisotopic (exact) mass is 324 g/mol. The molecule has 3 amide bonds. The van der Waals surface area contributed by atoms with Gasteiger partial charge in [0.1, 0.15) is 5.78 Å². The summed E-state index contributed by atoms with van der Waals surface area (Å²) in [5.74, 6) is -1.34. The van der Waals surface area contributed by atoms with E-state index in [0.29, 0.717) is 4.90 Å². The second kappa shape index (κ2) is 8.18. The molecule has 0 radical (unpaired) electrons. The third kappa shape index (κ3) is 5.57. The summed E-state index contributed by atoms with van der Waals surface area (Å²) >= 11 is 1.20. The fourth-order valence-electron chi connectivity index (χ4n) is 1.44. The third-order valence-electron chi connectivity index (χ3n) is 2.44. The topological polar surface area (TPSA) is 116 Å². The summed E-state index contributed by atoms with van der Waals surface area (Å²) in [5, 5.41) is 1.83. The minimum Gasteiger partial charge on any atom is -0.449 e. The first kappa shape index (κ1) is 17.7. The summed E-state index contributed by atoms with van der Waals surface area (Å²) < 4.78 is 4.99. The lowest BCUT2D eigenvalue weighted by molar-refractivity contribution is -0.127. The molecule has 1 aromatic carbocycles. The molecular weight excluding hydrogens is 308 g/mol. The molecule has 1 atom stereocenters. The van der Waals surface area contributed by atoms with Crippen molar-refractivity contribution < 1.29 is 23.9 Å². The van der Waals surface area contributed by atoms with Gasteiger partial charge in [-0.3, -0.25) is 14.9 Å². The quantitative estimate of drug-likeness (QED) is 0.598. The Balaban J connectivity index is 2.78. The summed E-state index contributed by atoms with van der Waals surface area (Å²) in [5.41, 5.74) is 5.06. The summed E-state index contributed by atoms with van der Waals surface area (Å²) in [6.07, 6.45) is -1.18. The predicted octanol–water partition coefficient (Wildman–Crippen LogP) is 1.11. The van der Waals surface area contributed by atoms with Crippen LogP contribution in [0.3, 0.4) is 0 Å². The molecular formula is C14H16N2O5S.